The van der Waals surface area contributed by atoms with E-state index in [1.54, 1.807) is 35.4 Å². The number of aromatic nitrogens is 3. The highest BCUT2D eigenvalue weighted by Gasteiger charge is 2.53. The Morgan fingerprint density at radius 1 is 1.03 bits per heavy atom. The van der Waals surface area contributed by atoms with Crippen LogP contribution in [0.3, 0.4) is 0 Å². The average Bonchev–Trinajstić information content (AvgIpc) is 3.53. The Morgan fingerprint density at radius 2 is 1.75 bits per heavy atom. The molecule has 6 rings (SSSR count). The molecule has 4 aromatic rings. The Morgan fingerprint density at radius 3 is 2.50 bits per heavy atom. The molecule has 12 heteroatoms. The predicted molar refractivity (Wildman–Crippen MR) is 130 cm³/mol. The molecule has 2 aliphatic rings. The molecule has 1 saturated heterocycles. The van der Waals surface area contributed by atoms with Crippen LogP contribution in [-0.2, 0) is 9.59 Å². The van der Waals surface area contributed by atoms with Gasteiger partial charge < -0.3 is 15.6 Å². The van der Waals surface area contributed by atoms with Gasteiger partial charge in [-0.2, -0.15) is 13.2 Å². The number of halogens is 3. The van der Waals surface area contributed by atoms with Gasteiger partial charge in [-0.25, -0.2) is 9.97 Å². The van der Waals surface area contributed by atoms with Crippen LogP contribution in [0.15, 0.2) is 41.9 Å². The van der Waals surface area contributed by atoms with Crippen LogP contribution < -0.4 is 16.0 Å². The van der Waals surface area contributed by atoms with Gasteiger partial charge in [0.1, 0.15) is 5.54 Å². The molecule has 8 nitrogen and oxygen atoms in total. The Bertz CT molecular complexity index is 1580. The summed E-state index contributed by atoms with van der Waals surface area (Å²) in [5.74, 6) is -0.945. The van der Waals surface area contributed by atoms with Gasteiger partial charge in [-0.15, -0.1) is 11.3 Å². The Labute approximate surface area is 206 Å². The van der Waals surface area contributed by atoms with Gasteiger partial charge in [-0.3, -0.25) is 14.9 Å². The minimum absolute atomic E-state index is 0.00154. The molecule has 4 N–H and O–H groups in total. The van der Waals surface area contributed by atoms with E-state index in [0.717, 1.165) is 10.2 Å². The molecule has 0 radical (unpaired) electrons. The monoisotopic (exact) mass is 512 g/mol. The number of amides is 2. The van der Waals surface area contributed by atoms with Crippen molar-refractivity contribution in [1.29, 1.82) is 0 Å². The molecule has 184 valence electrons. The molecule has 0 aliphatic carbocycles. The zero-order valence-corrected chi connectivity index (χ0v) is 19.5. The molecular formula is C24H19F3N6O2S. The molecule has 36 heavy (non-hydrogen) atoms. The van der Waals surface area contributed by atoms with Crippen LogP contribution in [-0.4, -0.2) is 51.6 Å². The number of fused-ring (bicyclic) bond motifs is 2. The highest BCUT2D eigenvalue weighted by molar-refractivity contribution is 7.17. The predicted octanol–water partition coefficient (Wildman–Crippen LogP) is 3.60. The van der Waals surface area contributed by atoms with Crippen LogP contribution in [0, 0.1) is 0 Å². The van der Waals surface area contributed by atoms with Crippen molar-refractivity contribution in [2.45, 2.75) is 24.6 Å². The van der Waals surface area contributed by atoms with E-state index in [2.05, 4.69) is 20.3 Å². The molecule has 0 spiro atoms. The number of imide groups is 1. The van der Waals surface area contributed by atoms with Crippen LogP contribution in [0.25, 0.3) is 32.3 Å². The molecular weight excluding hydrogens is 493 g/mol. The first-order valence-electron chi connectivity index (χ1n) is 11.2. The summed E-state index contributed by atoms with van der Waals surface area (Å²) in [5.41, 5.74) is 5.86. The van der Waals surface area contributed by atoms with Gasteiger partial charge in [0.05, 0.1) is 32.6 Å². The lowest BCUT2D eigenvalue weighted by atomic mass is 9.88. The molecule has 5 heterocycles. The Kier molecular flexibility index (Phi) is 4.96. The maximum atomic E-state index is 13.4. The molecule has 1 fully saturated rings. The number of carbonyl (C=O) groups is 2. The van der Waals surface area contributed by atoms with Crippen LogP contribution in [0.5, 0.6) is 0 Å². The van der Waals surface area contributed by atoms with E-state index in [9.17, 15) is 22.8 Å². The first-order chi connectivity index (χ1) is 17.2. The lowest BCUT2D eigenvalue weighted by Crippen LogP contribution is -2.59. The van der Waals surface area contributed by atoms with Gasteiger partial charge in [0.2, 0.25) is 5.95 Å². The first-order valence-corrected chi connectivity index (χ1v) is 12.1. The Hall–Kier alpha value is -3.77. The number of para-hydroxylation sites is 1. The van der Waals surface area contributed by atoms with Gasteiger partial charge in [-0.1, -0.05) is 18.2 Å². The molecule has 0 atom stereocenters. The zero-order chi connectivity index (χ0) is 25.2. The zero-order valence-electron chi connectivity index (χ0n) is 18.6. The number of H-pyrrole nitrogens is 1. The maximum absolute atomic E-state index is 13.4. The smallest absolute Gasteiger partial charge is 0.360 e. The summed E-state index contributed by atoms with van der Waals surface area (Å²) in [7, 11) is 0. The summed E-state index contributed by atoms with van der Waals surface area (Å²) in [5, 5.41) is 4.81. The van der Waals surface area contributed by atoms with Crippen molar-refractivity contribution in [1.82, 2.24) is 20.3 Å². The molecule has 0 unspecified atom stereocenters. The number of nitrogens with zero attached hydrogens (tertiary/aromatic N) is 3. The third kappa shape index (κ3) is 3.39. The second-order valence-corrected chi connectivity index (χ2v) is 9.85. The number of aromatic amines is 1. The minimum atomic E-state index is -4.51. The number of carbonyl (C=O) groups excluding carboxylic acids is 2. The number of piperidine rings is 1. The summed E-state index contributed by atoms with van der Waals surface area (Å²) in [6.07, 6.45) is -3.45. The van der Waals surface area contributed by atoms with Crippen LogP contribution in [0.4, 0.5) is 19.1 Å². The number of nitrogens with one attached hydrogen (secondary N) is 2. The maximum Gasteiger partial charge on any atom is 0.406 e. The third-order valence-corrected chi connectivity index (χ3v) is 7.76. The molecule has 2 amide bonds. The van der Waals surface area contributed by atoms with E-state index in [-0.39, 0.29) is 48.7 Å². The van der Waals surface area contributed by atoms with E-state index in [1.165, 1.54) is 11.3 Å². The van der Waals surface area contributed by atoms with Gasteiger partial charge in [-0.05, 0) is 30.4 Å². The van der Waals surface area contributed by atoms with Crippen molar-refractivity contribution in [3.05, 3.63) is 53.2 Å². The van der Waals surface area contributed by atoms with Gasteiger partial charge in [0.25, 0.3) is 11.8 Å². The van der Waals surface area contributed by atoms with Crippen molar-refractivity contribution in [3.8, 4) is 0 Å². The standard InChI is InChI=1S/C24H19F3N6O2S/c25-24(26,27)23(28)6-8-33(9-7-23)22-30-14-4-2-1-3-12(14)18(31-22)17-16(20(34)32-21(17)35)13-11-29-15-5-10-36-19(13)15/h1-5,10-11,29H,6-9,28H2,(H,32,34,35). The fraction of sp³-hybridized carbons (Fsp3) is 0.250. The van der Waals surface area contributed by atoms with E-state index >= 15 is 0 Å². The number of hydrogen-bond acceptors (Lipinski definition) is 7. The molecule has 0 saturated carbocycles. The van der Waals surface area contributed by atoms with Crippen LogP contribution in [0.1, 0.15) is 24.1 Å². The van der Waals surface area contributed by atoms with Crippen LogP contribution >= 0.6 is 11.3 Å². The normalized spacial score (nSPS) is 18.5. The number of alkyl halides is 3. The highest BCUT2D eigenvalue weighted by Crippen LogP contribution is 2.40. The summed E-state index contributed by atoms with van der Waals surface area (Å²) in [4.78, 5) is 40.0. The second kappa shape index (κ2) is 7.87. The summed E-state index contributed by atoms with van der Waals surface area (Å²) in [6.45, 7) is -0.00308. The number of rotatable bonds is 3. The quantitative estimate of drug-likeness (QED) is 0.361. The van der Waals surface area contributed by atoms with E-state index in [1.807, 2.05) is 11.4 Å². The summed E-state index contributed by atoms with van der Waals surface area (Å²) < 4.78 is 41.1. The second-order valence-electron chi connectivity index (χ2n) is 8.93. The largest absolute Gasteiger partial charge is 0.406 e. The number of anilines is 1. The SMILES string of the molecule is NC1(C(F)(F)F)CCN(c2nc(C3=C(c4c[nH]c5ccsc45)C(=O)NC3=O)c3ccccc3n2)CC1. The summed E-state index contributed by atoms with van der Waals surface area (Å²) in [6, 6.07) is 8.90. The van der Waals surface area contributed by atoms with Crippen molar-refractivity contribution in [2.75, 3.05) is 18.0 Å². The fourth-order valence-electron chi connectivity index (χ4n) is 4.76. The lowest BCUT2D eigenvalue weighted by Gasteiger charge is -2.40. The molecule has 1 aromatic carbocycles. The number of nitrogens with two attached hydrogens (primary N) is 1. The number of benzene rings is 1. The van der Waals surface area contributed by atoms with Gasteiger partial charge in [0.15, 0.2) is 0 Å². The average molecular weight is 513 g/mol. The van der Waals surface area contributed by atoms with Crippen LogP contribution in [0.2, 0.25) is 0 Å². The molecule has 3 aromatic heterocycles. The molecule has 2 aliphatic heterocycles. The van der Waals surface area contributed by atoms with E-state index in [4.69, 9.17) is 5.73 Å². The van der Waals surface area contributed by atoms with Gasteiger partial charge >= 0.3 is 6.18 Å². The fourth-order valence-corrected chi connectivity index (χ4v) is 5.64. The van der Waals surface area contributed by atoms with Crippen molar-refractivity contribution in [2.24, 2.45) is 5.73 Å². The Balaban J connectivity index is 1.51. The first kappa shape index (κ1) is 22.7. The van der Waals surface area contributed by atoms with Crippen molar-refractivity contribution in [3.63, 3.8) is 0 Å². The number of hydrogen-bond donors (Lipinski definition) is 3. The minimum Gasteiger partial charge on any atom is -0.360 e. The van der Waals surface area contributed by atoms with E-state index < -0.39 is 23.5 Å². The van der Waals surface area contributed by atoms with Gasteiger partial charge in [0, 0.05) is 30.2 Å². The number of thiophene rings is 1. The lowest BCUT2D eigenvalue weighted by molar-refractivity contribution is -0.191. The van der Waals surface area contributed by atoms with Crippen molar-refractivity contribution >= 4 is 61.4 Å². The molecule has 0 bridgehead atoms. The van der Waals surface area contributed by atoms with E-state index in [0.29, 0.717) is 16.5 Å². The highest BCUT2D eigenvalue weighted by atomic mass is 32.1. The third-order valence-electron chi connectivity index (χ3n) is 6.81. The topological polar surface area (TPSA) is 117 Å². The summed E-state index contributed by atoms with van der Waals surface area (Å²) >= 11 is 1.44. The van der Waals surface area contributed by atoms with Crippen molar-refractivity contribution < 1.29 is 22.8 Å².